The van der Waals surface area contributed by atoms with Gasteiger partial charge in [0.1, 0.15) is 5.82 Å². The Balaban J connectivity index is 1.89. The van der Waals surface area contributed by atoms with Crippen LogP contribution in [0.15, 0.2) is 28.1 Å². The number of hydrogen-bond donors (Lipinski definition) is 1. The first-order valence-corrected chi connectivity index (χ1v) is 9.12. The number of halogens is 2. The van der Waals surface area contributed by atoms with Crippen LogP contribution in [0.25, 0.3) is 16.0 Å². The molecule has 0 aliphatic carbocycles. The van der Waals surface area contributed by atoms with Gasteiger partial charge in [0.15, 0.2) is 0 Å². The third-order valence-electron chi connectivity index (χ3n) is 4.02. The molecular weight excluding hydrogens is 393 g/mol. The summed E-state index contributed by atoms with van der Waals surface area (Å²) in [6.45, 7) is 8.19. The number of piperidine rings is 1. The molecule has 0 spiro atoms. The number of thiophene rings is 1. The maximum absolute atomic E-state index is 13.9. The molecule has 1 amide bonds. The highest BCUT2D eigenvalue weighted by Crippen LogP contribution is 2.38. The van der Waals surface area contributed by atoms with Gasteiger partial charge >= 0.3 is 0 Å². The van der Waals surface area contributed by atoms with Crippen molar-refractivity contribution in [3.05, 3.63) is 50.2 Å². The predicted octanol–water partition coefficient (Wildman–Crippen LogP) is 4.43. The lowest BCUT2D eigenvalue weighted by Gasteiger charge is -2.30. The van der Waals surface area contributed by atoms with Gasteiger partial charge in [-0.1, -0.05) is 12.1 Å². The van der Waals surface area contributed by atoms with Crippen LogP contribution in [-0.2, 0) is 0 Å². The summed E-state index contributed by atoms with van der Waals surface area (Å²) >= 11 is 4.79. The third kappa shape index (κ3) is 3.36. The van der Waals surface area contributed by atoms with Gasteiger partial charge in [0.25, 0.3) is 5.91 Å². The molecule has 4 nitrogen and oxygen atoms in total. The summed E-state index contributed by atoms with van der Waals surface area (Å²) in [5.74, 6) is -0.601. The first-order chi connectivity index (χ1) is 11.5. The fraction of sp³-hybridized carbons (Fsp3) is 0.294. The van der Waals surface area contributed by atoms with Gasteiger partial charge < -0.3 is 10.6 Å². The zero-order valence-corrected chi connectivity index (χ0v) is 15.2. The summed E-state index contributed by atoms with van der Waals surface area (Å²) in [5.41, 5.74) is 7.32. The van der Waals surface area contributed by atoms with Crippen molar-refractivity contribution in [2.45, 2.75) is 18.9 Å². The smallest absolute Gasteiger partial charge is 0.264 e. The molecule has 24 heavy (non-hydrogen) atoms. The van der Waals surface area contributed by atoms with Gasteiger partial charge in [0.05, 0.1) is 15.2 Å². The lowest BCUT2D eigenvalue weighted by molar-refractivity contribution is 0.0714. The molecule has 1 aliphatic heterocycles. The molecule has 2 aromatic rings. The molecule has 1 fully saturated rings. The Kier molecular flexibility index (Phi) is 4.99. The van der Waals surface area contributed by atoms with Gasteiger partial charge in [0, 0.05) is 24.7 Å². The minimum atomic E-state index is -0.560. The van der Waals surface area contributed by atoms with E-state index in [0.717, 1.165) is 22.2 Å². The second-order valence-corrected chi connectivity index (χ2v) is 8.10. The van der Waals surface area contributed by atoms with E-state index < -0.39 is 5.82 Å². The summed E-state index contributed by atoms with van der Waals surface area (Å²) < 4.78 is 14.6. The van der Waals surface area contributed by atoms with Crippen LogP contribution < -0.4 is 5.73 Å². The van der Waals surface area contributed by atoms with Crippen LogP contribution in [0.2, 0.25) is 0 Å². The van der Waals surface area contributed by atoms with Crippen LogP contribution in [0.1, 0.15) is 22.5 Å². The van der Waals surface area contributed by atoms with Crippen molar-refractivity contribution in [3.63, 3.8) is 0 Å². The van der Waals surface area contributed by atoms with Crippen molar-refractivity contribution >= 4 is 38.9 Å². The number of carbonyl (C=O) groups excluding carboxylic acids is 1. The van der Waals surface area contributed by atoms with Crippen molar-refractivity contribution in [3.8, 4) is 11.1 Å². The SMILES string of the molecule is [C-]#[N+]c1ccc(-c2cc(C(=O)N3CCC[C@@H](N)C3)sc2Br)cc1F. The molecule has 0 unspecified atom stereocenters. The maximum atomic E-state index is 13.9. The van der Waals surface area contributed by atoms with Crippen molar-refractivity contribution in [1.82, 2.24) is 4.90 Å². The van der Waals surface area contributed by atoms with Crippen LogP contribution in [0, 0.1) is 12.4 Å². The molecule has 0 radical (unpaired) electrons. The summed E-state index contributed by atoms with van der Waals surface area (Å²) in [6, 6.07) is 6.26. The zero-order valence-electron chi connectivity index (χ0n) is 12.8. The van der Waals surface area contributed by atoms with Crippen molar-refractivity contribution < 1.29 is 9.18 Å². The van der Waals surface area contributed by atoms with Gasteiger partial charge in [0.2, 0.25) is 5.69 Å². The average molecular weight is 408 g/mol. The molecular formula is C17H15BrFN3OS. The lowest BCUT2D eigenvalue weighted by Crippen LogP contribution is -2.45. The van der Waals surface area contributed by atoms with E-state index >= 15 is 0 Å². The highest BCUT2D eigenvalue weighted by molar-refractivity contribution is 9.11. The van der Waals surface area contributed by atoms with E-state index in [2.05, 4.69) is 20.8 Å². The molecule has 0 bridgehead atoms. The quantitative estimate of drug-likeness (QED) is 0.748. The fourth-order valence-electron chi connectivity index (χ4n) is 2.79. The predicted molar refractivity (Wildman–Crippen MR) is 96.8 cm³/mol. The Morgan fingerprint density at radius 1 is 1.46 bits per heavy atom. The molecule has 1 aromatic heterocycles. The van der Waals surface area contributed by atoms with E-state index in [1.54, 1.807) is 17.0 Å². The standard InChI is InChI=1S/C17H15BrFN3OS/c1-21-14-5-4-10(7-13(14)19)12-8-15(24-16(12)18)17(23)22-6-2-3-11(20)9-22/h4-5,7-8,11H,2-3,6,9,20H2/t11-/m1/s1. The molecule has 1 aromatic carbocycles. The molecule has 124 valence electrons. The number of benzene rings is 1. The van der Waals surface area contributed by atoms with Crippen LogP contribution in [0.3, 0.4) is 0 Å². The Morgan fingerprint density at radius 2 is 2.25 bits per heavy atom. The van der Waals surface area contributed by atoms with Gasteiger partial charge in [-0.2, -0.15) is 0 Å². The Bertz CT molecular complexity index is 830. The summed E-state index contributed by atoms with van der Waals surface area (Å²) in [4.78, 5) is 18.2. The first-order valence-electron chi connectivity index (χ1n) is 7.51. The largest absolute Gasteiger partial charge is 0.336 e. The number of likely N-dealkylation sites (tertiary alicyclic amines) is 1. The summed E-state index contributed by atoms with van der Waals surface area (Å²) in [7, 11) is 0. The highest BCUT2D eigenvalue weighted by atomic mass is 79.9. The van der Waals surface area contributed by atoms with E-state index in [0.29, 0.717) is 23.5 Å². The van der Waals surface area contributed by atoms with Crippen molar-refractivity contribution in [1.29, 1.82) is 0 Å². The molecule has 1 saturated heterocycles. The number of nitrogens with two attached hydrogens (primary N) is 1. The second-order valence-electron chi connectivity index (χ2n) is 5.73. The Labute approximate surface area is 152 Å². The number of hydrogen-bond acceptors (Lipinski definition) is 3. The van der Waals surface area contributed by atoms with Crippen LogP contribution in [-0.4, -0.2) is 29.9 Å². The Morgan fingerprint density at radius 3 is 2.92 bits per heavy atom. The zero-order chi connectivity index (χ0) is 17.3. The minimum absolute atomic E-state index is 0.0105. The molecule has 2 heterocycles. The summed E-state index contributed by atoms with van der Waals surface area (Å²) in [5, 5.41) is 0. The van der Waals surface area contributed by atoms with E-state index in [9.17, 15) is 9.18 Å². The molecule has 0 saturated carbocycles. The lowest BCUT2D eigenvalue weighted by atomic mass is 10.1. The molecule has 7 heteroatoms. The van der Waals surface area contributed by atoms with Crippen LogP contribution >= 0.6 is 27.3 Å². The van der Waals surface area contributed by atoms with Gasteiger partial charge in [-0.05, 0) is 46.5 Å². The van der Waals surface area contributed by atoms with Crippen molar-refractivity contribution in [2.24, 2.45) is 5.73 Å². The minimum Gasteiger partial charge on any atom is -0.336 e. The topological polar surface area (TPSA) is 50.7 Å². The van der Waals surface area contributed by atoms with Crippen LogP contribution in [0.5, 0.6) is 0 Å². The molecule has 1 aliphatic rings. The first kappa shape index (κ1) is 17.1. The number of rotatable bonds is 2. The van der Waals surface area contributed by atoms with Gasteiger partial charge in [-0.15, -0.1) is 11.3 Å². The van der Waals surface area contributed by atoms with Crippen LogP contribution in [0.4, 0.5) is 10.1 Å². The number of carbonyl (C=O) groups is 1. The molecule has 1 atom stereocenters. The fourth-order valence-corrected chi connectivity index (χ4v) is 4.53. The molecule has 3 rings (SSSR count). The van der Waals surface area contributed by atoms with Crippen molar-refractivity contribution in [2.75, 3.05) is 13.1 Å². The Hall–Kier alpha value is -1.75. The van der Waals surface area contributed by atoms with E-state index in [1.807, 2.05) is 0 Å². The normalized spacial score (nSPS) is 17.6. The summed E-state index contributed by atoms with van der Waals surface area (Å²) in [6.07, 6.45) is 1.85. The van der Waals surface area contributed by atoms with E-state index in [-0.39, 0.29) is 17.6 Å². The third-order valence-corrected chi connectivity index (χ3v) is 5.85. The molecule has 2 N–H and O–H groups in total. The number of nitrogens with zero attached hydrogens (tertiary/aromatic N) is 2. The second kappa shape index (κ2) is 7.01. The van der Waals surface area contributed by atoms with Gasteiger partial charge in [-0.25, -0.2) is 9.24 Å². The van der Waals surface area contributed by atoms with E-state index in [4.69, 9.17) is 12.3 Å². The average Bonchev–Trinajstić information content (AvgIpc) is 2.96. The van der Waals surface area contributed by atoms with E-state index in [1.165, 1.54) is 23.5 Å². The monoisotopic (exact) mass is 407 g/mol. The number of amides is 1. The highest BCUT2D eigenvalue weighted by Gasteiger charge is 2.24. The van der Waals surface area contributed by atoms with Gasteiger partial charge in [-0.3, -0.25) is 4.79 Å². The maximum Gasteiger partial charge on any atom is 0.264 e.